The fraction of sp³-hybridized carbons (Fsp3) is 0.400. The molecule has 1 N–H and O–H groups in total. The summed E-state index contributed by atoms with van der Waals surface area (Å²) >= 11 is 1.33. The van der Waals surface area contributed by atoms with Crippen LogP contribution in [0.15, 0.2) is 47.6 Å². The van der Waals surface area contributed by atoms with Crippen molar-refractivity contribution in [3.05, 3.63) is 65.2 Å². The monoisotopic (exact) mass is 467 g/mol. The molecule has 1 fully saturated rings. The number of aryl methyl sites for hydroxylation is 2. The lowest BCUT2D eigenvalue weighted by Crippen LogP contribution is -2.33. The van der Waals surface area contributed by atoms with E-state index in [0.717, 1.165) is 41.4 Å². The number of hydrogen-bond donors (Lipinski definition) is 1. The number of rotatable bonds is 7. The van der Waals surface area contributed by atoms with Crippen molar-refractivity contribution >= 4 is 23.4 Å². The number of nitrogens with one attached hydrogen (secondary N) is 1. The molecule has 0 aliphatic carbocycles. The first kappa shape index (κ1) is 23.4. The first-order valence-corrected chi connectivity index (χ1v) is 12.4. The molecule has 1 amide bonds. The lowest BCUT2D eigenvalue weighted by Gasteiger charge is -2.31. The van der Waals surface area contributed by atoms with Crippen molar-refractivity contribution in [1.29, 1.82) is 0 Å². The van der Waals surface area contributed by atoms with Crippen molar-refractivity contribution in [2.24, 2.45) is 0 Å². The summed E-state index contributed by atoms with van der Waals surface area (Å²) in [6.07, 6.45) is 3.61. The fourth-order valence-electron chi connectivity index (χ4n) is 4.13. The van der Waals surface area contributed by atoms with Gasteiger partial charge in [-0.15, -0.1) is 10.2 Å². The van der Waals surface area contributed by atoms with E-state index in [-0.39, 0.29) is 23.5 Å². The highest BCUT2D eigenvalue weighted by Crippen LogP contribution is 2.29. The first-order valence-electron chi connectivity index (χ1n) is 11.4. The van der Waals surface area contributed by atoms with Crippen molar-refractivity contribution in [2.45, 2.75) is 51.2 Å². The third kappa shape index (κ3) is 5.62. The van der Waals surface area contributed by atoms with E-state index in [9.17, 15) is 9.18 Å². The Morgan fingerprint density at radius 2 is 1.82 bits per heavy atom. The maximum Gasteiger partial charge on any atom is 0.234 e. The van der Waals surface area contributed by atoms with E-state index in [1.807, 2.05) is 36.6 Å². The zero-order valence-electron chi connectivity index (χ0n) is 19.3. The number of likely N-dealkylation sites (tertiary alicyclic amines) is 1. The standard InChI is InChI=1S/C25H30FN5OS/c1-17-7-8-18(2)22(15-17)27-23(32)16-33-25-29-28-24(19(3)30-13-5-4-6-14-30)31(25)21-11-9-20(26)10-12-21/h7-12,15,19H,4-6,13-14,16H2,1-3H3,(H,27,32). The third-order valence-electron chi connectivity index (χ3n) is 6.05. The van der Waals surface area contributed by atoms with Crippen LogP contribution in [-0.4, -0.2) is 44.4 Å². The first-order chi connectivity index (χ1) is 15.9. The number of aromatic nitrogens is 3. The highest BCUT2D eigenvalue weighted by molar-refractivity contribution is 7.99. The van der Waals surface area contributed by atoms with Gasteiger partial charge in [0.25, 0.3) is 0 Å². The molecular formula is C25H30FN5OS. The quantitative estimate of drug-likeness (QED) is 0.478. The van der Waals surface area contributed by atoms with Crippen molar-refractivity contribution in [3.63, 3.8) is 0 Å². The van der Waals surface area contributed by atoms with Crippen LogP contribution in [-0.2, 0) is 4.79 Å². The number of hydrogen-bond acceptors (Lipinski definition) is 5. The van der Waals surface area contributed by atoms with Crippen LogP contribution >= 0.6 is 11.8 Å². The van der Waals surface area contributed by atoms with E-state index in [1.54, 1.807) is 12.1 Å². The average Bonchev–Trinajstić information content (AvgIpc) is 3.24. The molecule has 8 heteroatoms. The van der Waals surface area contributed by atoms with Gasteiger partial charge in [-0.2, -0.15) is 0 Å². The molecule has 2 aromatic carbocycles. The number of halogens is 1. The molecule has 2 heterocycles. The van der Waals surface area contributed by atoms with Gasteiger partial charge in [-0.05, 0) is 88.2 Å². The SMILES string of the molecule is Cc1ccc(C)c(NC(=O)CSc2nnc(C(C)N3CCCCC3)n2-c2ccc(F)cc2)c1. The number of thioether (sulfide) groups is 1. The Hall–Kier alpha value is -2.71. The Morgan fingerprint density at radius 3 is 2.55 bits per heavy atom. The van der Waals surface area contributed by atoms with Gasteiger partial charge < -0.3 is 5.32 Å². The maximum atomic E-state index is 13.6. The van der Waals surface area contributed by atoms with E-state index < -0.39 is 0 Å². The van der Waals surface area contributed by atoms with Crippen LogP contribution in [0.3, 0.4) is 0 Å². The van der Waals surface area contributed by atoms with Crippen molar-refractivity contribution in [2.75, 3.05) is 24.2 Å². The van der Waals surface area contributed by atoms with Gasteiger partial charge in [-0.3, -0.25) is 14.3 Å². The predicted molar refractivity (Wildman–Crippen MR) is 130 cm³/mol. The average molecular weight is 468 g/mol. The second-order valence-corrected chi connectivity index (χ2v) is 9.52. The molecular weight excluding hydrogens is 437 g/mol. The van der Waals surface area contributed by atoms with Gasteiger partial charge in [0, 0.05) is 11.4 Å². The van der Waals surface area contributed by atoms with Crippen LogP contribution in [0.1, 0.15) is 49.2 Å². The van der Waals surface area contributed by atoms with E-state index in [4.69, 9.17) is 0 Å². The zero-order chi connectivity index (χ0) is 23.4. The second kappa shape index (κ2) is 10.5. The van der Waals surface area contributed by atoms with Gasteiger partial charge in [-0.1, -0.05) is 30.3 Å². The summed E-state index contributed by atoms with van der Waals surface area (Å²) in [5.74, 6) is 0.610. The lowest BCUT2D eigenvalue weighted by atomic mass is 10.1. The summed E-state index contributed by atoms with van der Waals surface area (Å²) in [5.41, 5.74) is 3.72. The minimum absolute atomic E-state index is 0.0703. The Morgan fingerprint density at radius 1 is 1.09 bits per heavy atom. The number of benzene rings is 2. The highest BCUT2D eigenvalue weighted by atomic mass is 32.2. The molecule has 0 bridgehead atoms. The molecule has 3 aromatic rings. The summed E-state index contributed by atoms with van der Waals surface area (Å²) < 4.78 is 15.5. The molecule has 1 aliphatic heterocycles. The van der Waals surface area contributed by atoms with Crippen LogP contribution in [0.4, 0.5) is 10.1 Å². The predicted octanol–water partition coefficient (Wildman–Crippen LogP) is 5.30. The van der Waals surface area contributed by atoms with Crippen LogP contribution in [0, 0.1) is 19.7 Å². The summed E-state index contributed by atoms with van der Waals surface area (Å²) in [6.45, 7) is 8.16. The molecule has 174 valence electrons. The number of carbonyl (C=O) groups is 1. The van der Waals surface area contributed by atoms with Crippen molar-refractivity contribution in [1.82, 2.24) is 19.7 Å². The molecule has 1 atom stereocenters. The van der Waals surface area contributed by atoms with Gasteiger partial charge >= 0.3 is 0 Å². The normalized spacial score (nSPS) is 15.4. The largest absolute Gasteiger partial charge is 0.325 e. The second-order valence-electron chi connectivity index (χ2n) is 8.58. The van der Waals surface area contributed by atoms with Crippen molar-refractivity contribution in [3.8, 4) is 5.69 Å². The van der Waals surface area contributed by atoms with Crippen LogP contribution < -0.4 is 5.32 Å². The highest BCUT2D eigenvalue weighted by Gasteiger charge is 2.26. The van der Waals surface area contributed by atoms with Gasteiger partial charge in [-0.25, -0.2) is 4.39 Å². The van der Waals surface area contributed by atoms with Crippen LogP contribution in [0.25, 0.3) is 5.69 Å². The Bertz CT molecular complexity index is 1110. The van der Waals surface area contributed by atoms with Crippen LogP contribution in [0.5, 0.6) is 0 Å². The van der Waals surface area contributed by atoms with Gasteiger partial charge in [0.1, 0.15) is 5.82 Å². The Labute approximate surface area is 198 Å². The van der Waals surface area contributed by atoms with E-state index in [0.29, 0.717) is 5.16 Å². The summed E-state index contributed by atoms with van der Waals surface area (Å²) in [4.78, 5) is 15.1. The third-order valence-corrected chi connectivity index (χ3v) is 6.98. The molecule has 0 radical (unpaired) electrons. The number of amides is 1. The van der Waals surface area contributed by atoms with Gasteiger partial charge in [0.15, 0.2) is 11.0 Å². The summed E-state index contributed by atoms with van der Waals surface area (Å²) in [7, 11) is 0. The van der Waals surface area contributed by atoms with E-state index in [2.05, 4.69) is 27.3 Å². The molecule has 0 spiro atoms. The molecule has 4 rings (SSSR count). The molecule has 6 nitrogen and oxygen atoms in total. The fourth-order valence-corrected chi connectivity index (χ4v) is 4.89. The molecule has 1 aromatic heterocycles. The summed E-state index contributed by atoms with van der Waals surface area (Å²) in [6, 6.07) is 12.4. The zero-order valence-corrected chi connectivity index (χ0v) is 20.2. The number of piperidine rings is 1. The maximum absolute atomic E-state index is 13.6. The molecule has 1 aliphatic rings. The lowest BCUT2D eigenvalue weighted by molar-refractivity contribution is -0.113. The van der Waals surface area contributed by atoms with E-state index >= 15 is 0 Å². The molecule has 1 saturated heterocycles. The molecule has 1 unspecified atom stereocenters. The van der Waals surface area contributed by atoms with Gasteiger partial charge in [0.05, 0.1) is 11.8 Å². The number of nitrogens with zero attached hydrogens (tertiary/aromatic N) is 4. The van der Waals surface area contributed by atoms with Crippen LogP contribution in [0.2, 0.25) is 0 Å². The molecule has 33 heavy (non-hydrogen) atoms. The van der Waals surface area contributed by atoms with Gasteiger partial charge in [0.2, 0.25) is 5.91 Å². The Kier molecular flexibility index (Phi) is 7.45. The Balaban J connectivity index is 1.55. The smallest absolute Gasteiger partial charge is 0.234 e. The molecule has 0 saturated carbocycles. The minimum Gasteiger partial charge on any atom is -0.325 e. The topological polar surface area (TPSA) is 63.1 Å². The number of anilines is 1. The minimum atomic E-state index is -0.292. The number of carbonyl (C=O) groups excluding carboxylic acids is 1. The van der Waals surface area contributed by atoms with E-state index in [1.165, 1.54) is 43.2 Å². The summed E-state index contributed by atoms with van der Waals surface area (Å²) in [5, 5.41) is 12.5. The van der Waals surface area contributed by atoms with Crippen molar-refractivity contribution < 1.29 is 9.18 Å².